The van der Waals surface area contributed by atoms with Crippen LogP contribution in [-0.2, 0) is 9.47 Å². The van der Waals surface area contributed by atoms with E-state index in [4.69, 9.17) is 9.47 Å². The molecule has 2 rings (SSSR count). The van der Waals surface area contributed by atoms with Crippen LogP contribution in [0.25, 0.3) is 0 Å². The molecule has 0 unspecified atom stereocenters. The van der Waals surface area contributed by atoms with Crippen molar-refractivity contribution in [2.45, 2.75) is 32.0 Å². The van der Waals surface area contributed by atoms with Gasteiger partial charge in [0.05, 0.1) is 13.2 Å². The largest absolute Gasteiger partial charge is 0.348 e. The molecular weight excluding hydrogens is 166 g/mol. The summed E-state index contributed by atoms with van der Waals surface area (Å²) in [5.74, 6) is 0.506. The van der Waals surface area contributed by atoms with Crippen LogP contribution in [0.1, 0.15) is 26.2 Å². The molecule has 0 aromatic carbocycles. The number of ether oxygens (including phenoxy) is 2. The molecule has 2 aliphatic rings. The van der Waals surface area contributed by atoms with E-state index >= 15 is 0 Å². The van der Waals surface area contributed by atoms with Crippen molar-refractivity contribution in [3.8, 4) is 0 Å². The first-order chi connectivity index (χ1) is 6.29. The first kappa shape index (κ1) is 9.44. The van der Waals surface area contributed by atoms with Crippen LogP contribution in [0.4, 0.5) is 0 Å². The zero-order valence-electron chi connectivity index (χ0n) is 8.34. The van der Waals surface area contributed by atoms with Gasteiger partial charge in [0.2, 0.25) is 0 Å². The molecular formula is C10H19NO2. The van der Waals surface area contributed by atoms with E-state index in [1.54, 1.807) is 0 Å². The minimum absolute atomic E-state index is 0.276. The Labute approximate surface area is 79.8 Å². The monoisotopic (exact) mass is 185 g/mol. The normalized spacial score (nSPS) is 29.3. The zero-order chi connectivity index (χ0) is 9.15. The van der Waals surface area contributed by atoms with Gasteiger partial charge < -0.3 is 14.8 Å². The lowest BCUT2D eigenvalue weighted by atomic mass is 9.91. The molecule has 2 saturated heterocycles. The van der Waals surface area contributed by atoms with Crippen LogP contribution in [0.5, 0.6) is 0 Å². The third kappa shape index (κ3) is 2.42. The van der Waals surface area contributed by atoms with E-state index in [2.05, 4.69) is 12.2 Å². The molecule has 0 aromatic rings. The standard InChI is InChI=1S/C10H19NO2/c1-10(12-6-7-13-10)8-9-2-4-11-5-3-9/h9,11H,2-8H2,1H3. The Morgan fingerprint density at radius 3 is 2.46 bits per heavy atom. The van der Waals surface area contributed by atoms with Crippen LogP contribution in [0, 0.1) is 5.92 Å². The highest BCUT2D eigenvalue weighted by atomic mass is 16.7. The van der Waals surface area contributed by atoms with E-state index < -0.39 is 0 Å². The van der Waals surface area contributed by atoms with E-state index in [-0.39, 0.29) is 5.79 Å². The second kappa shape index (κ2) is 3.95. The Bertz CT molecular complexity index is 160. The fourth-order valence-electron chi connectivity index (χ4n) is 2.28. The van der Waals surface area contributed by atoms with Gasteiger partial charge in [-0.05, 0) is 38.8 Å². The summed E-state index contributed by atoms with van der Waals surface area (Å²) in [6, 6.07) is 0. The second-order valence-electron chi connectivity index (χ2n) is 4.23. The molecule has 0 saturated carbocycles. The number of piperidine rings is 1. The van der Waals surface area contributed by atoms with Gasteiger partial charge in [-0.3, -0.25) is 0 Å². The predicted octanol–water partition coefficient (Wildman–Crippen LogP) is 1.14. The lowest BCUT2D eigenvalue weighted by molar-refractivity contribution is -0.156. The summed E-state index contributed by atoms with van der Waals surface area (Å²) in [4.78, 5) is 0. The highest BCUT2D eigenvalue weighted by Gasteiger charge is 2.33. The van der Waals surface area contributed by atoms with Crippen molar-refractivity contribution in [3.05, 3.63) is 0 Å². The number of hydrogen-bond donors (Lipinski definition) is 1. The smallest absolute Gasteiger partial charge is 0.166 e. The molecule has 0 atom stereocenters. The molecule has 3 nitrogen and oxygen atoms in total. The molecule has 2 fully saturated rings. The maximum Gasteiger partial charge on any atom is 0.166 e. The Morgan fingerprint density at radius 2 is 1.85 bits per heavy atom. The maximum absolute atomic E-state index is 5.60. The van der Waals surface area contributed by atoms with E-state index in [0.717, 1.165) is 38.6 Å². The molecule has 3 heteroatoms. The van der Waals surface area contributed by atoms with Crippen LogP contribution in [-0.4, -0.2) is 32.1 Å². The Morgan fingerprint density at radius 1 is 1.23 bits per heavy atom. The van der Waals surface area contributed by atoms with Crippen molar-refractivity contribution in [1.82, 2.24) is 5.32 Å². The lowest BCUT2D eigenvalue weighted by Crippen LogP contribution is -2.34. The van der Waals surface area contributed by atoms with Crippen LogP contribution < -0.4 is 5.32 Å². The van der Waals surface area contributed by atoms with Crippen molar-refractivity contribution in [3.63, 3.8) is 0 Å². The van der Waals surface area contributed by atoms with E-state index in [1.807, 2.05) is 0 Å². The van der Waals surface area contributed by atoms with Crippen LogP contribution in [0.3, 0.4) is 0 Å². The first-order valence-electron chi connectivity index (χ1n) is 5.27. The van der Waals surface area contributed by atoms with E-state index in [1.165, 1.54) is 12.8 Å². The lowest BCUT2D eigenvalue weighted by Gasteiger charge is -2.30. The third-order valence-corrected chi connectivity index (χ3v) is 3.02. The highest BCUT2D eigenvalue weighted by Crippen LogP contribution is 2.30. The Hall–Kier alpha value is -0.120. The van der Waals surface area contributed by atoms with E-state index in [9.17, 15) is 0 Å². The average molecular weight is 185 g/mol. The second-order valence-corrected chi connectivity index (χ2v) is 4.23. The van der Waals surface area contributed by atoms with Crippen LogP contribution >= 0.6 is 0 Å². The summed E-state index contributed by atoms with van der Waals surface area (Å²) in [5.41, 5.74) is 0. The average Bonchev–Trinajstić information content (AvgIpc) is 2.54. The number of hydrogen-bond acceptors (Lipinski definition) is 3. The fourth-order valence-corrected chi connectivity index (χ4v) is 2.28. The Kier molecular flexibility index (Phi) is 2.86. The fraction of sp³-hybridized carbons (Fsp3) is 1.00. The molecule has 2 heterocycles. The first-order valence-corrected chi connectivity index (χ1v) is 5.27. The Balaban J connectivity index is 1.81. The van der Waals surface area contributed by atoms with Crippen LogP contribution in [0.15, 0.2) is 0 Å². The van der Waals surface area contributed by atoms with E-state index in [0.29, 0.717) is 0 Å². The molecule has 1 N–H and O–H groups in total. The molecule has 13 heavy (non-hydrogen) atoms. The van der Waals surface area contributed by atoms with Gasteiger partial charge in [0.25, 0.3) is 0 Å². The summed E-state index contributed by atoms with van der Waals surface area (Å²) >= 11 is 0. The van der Waals surface area contributed by atoms with Crippen molar-refractivity contribution >= 4 is 0 Å². The third-order valence-electron chi connectivity index (χ3n) is 3.02. The van der Waals surface area contributed by atoms with Gasteiger partial charge in [-0.1, -0.05) is 0 Å². The molecule has 2 aliphatic heterocycles. The topological polar surface area (TPSA) is 30.5 Å². The highest BCUT2D eigenvalue weighted by molar-refractivity contribution is 4.77. The summed E-state index contributed by atoms with van der Waals surface area (Å²) < 4.78 is 11.2. The summed E-state index contributed by atoms with van der Waals surface area (Å²) in [7, 11) is 0. The van der Waals surface area contributed by atoms with Gasteiger partial charge >= 0.3 is 0 Å². The molecule has 0 amide bonds. The molecule has 0 bridgehead atoms. The van der Waals surface area contributed by atoms with Crippen LogP contribution in [0.2, 0.25) is 0 Å². The minimum atomic E-state index is -0.276. The molecule has 0 aromatic heterocycles. The van der Waals surface area contributed by atoms with Crippen molar-refractivity contribution in [2.75, 3.05) is 26.3 Å². The predicted molar refractivity (Wildman–Crippen MR) is 50.5 cm³/mol. The molecule has 76 valence electrons. The van der Waals surface area contributed by atoms with Gasteiger partial charge in [0.15, 0.2) is 5.79 Å². The van der Waals surface area contributed by atoms with Crippen molar-refractivity contribution < 1.29 is 9.47 Å². The maximum atomic E-state index is 5.60. The molecule has 0 aliphatic carbocycles. The van der Waals surface area contributed by atoms with Gasteiger partial charge in [-0.2, -0.15) is 0 Å². The van der Waals surface area contributed by atoms with Gasteiger partial charge in [0.1, 0.15) is 0 Å². The molecule has 0 radical (unpaired) electrons. The summed E-state index contributed by atoms with van der Waals surface area (Å²) in [6.45, 7) is 5.91. The van der Waals surface area contributed by atoms with Gasteiger partial charge in [0, 0.05) is 6.42 Å². The quantitative estimate of drug-likeness (QED) is 0.699. The SMILES string of the molecule is CC1(CC2CCNCC2)OCCO1. The zero-order valence-corrected chi connectivity index (χ0v) is 8.34. The summed E-state index contributed by atoms with van der Waals surface area (Å²) in [6.07, 6.45) is 3.60. The van der Waals surface area contributed by atoms with Crippen molar-refractivity contribution in [2.24, 2.45) is 5.92 Å². The van der Waals surface area contributed by atoms with Crippen molar-refractivity contribution in [1.29, 1.82) is 0 Å². The number of nitrogens with one attached hydrogen (secondary N) is 1. The summed E-state index contributed by atoms with van der Waals surface area (Å²) in [5, 5.41) is 3.37. The van der Waals surface area contributed by atoms with Gasteiger partial charge in [-0.25, -0.2) is 0 Å². The number of rotatable bonds is 2. The molecule has 0 spiro atoms. The minimum Gasteiger partial charge on any atom is -0.348 e. The van der Waals surface area contributed by atoms with Gasteiger partial charge in [-0.15, -0.1) is 0 Å².